The number of carbonyl (C=O) groups is 2. The maximum Gasteiger partial charge on any atom is 0.239 e. The summed E-state index contributed by atoms with van der Waals surface area (Å²) in [7, 11) is 0. The van der Waals surface area contributed by atoms with E-state index in [-0.39, 0.29) is 42.5 Å². The van der Waals surface area contributed by atoms with Gasteiger partial charge < -0.3 is 20.7 Å². The first kappa shape index (κ1) is 22.4. The molecule has 2 aliphatic heterocycles. The van der Waals surface area contributed by atoms with Crippen LogP contribution < -0.4 is 11.1 Å². The molecule has 3 N–H and O–H groups in total. The first-order valence-electron chi connectivity index (χ1n) is 8.77. The third-order valence-corrected chi connectivity index (χ3v) is 5.05. The van der Waals surface area contributed by atoms with Crippen molar-refractivity contribution in [2.75, 3.05) is 45.9 Å². The van der Waals surface area contributed by atoms with Crippen molar-refractivity contribution < 1.29 is 14.3 Å². The number of halogens is 2. The molecule has 0 aromatic carbocycles. The summed E-state index contributed by atoms with van der Waals surface area (Å²) in [6, 6.07) is -0.00791. The monoisotopic (exact) mass is 396 g/mol. The molecular formula is C16H30Cl2N4O3. The van der Waals surface area contributed by atoms with Crippen molar-refractivity contribution in [1.29, 1.82) is 0 Å². The molecule has 9 heteroatoms. The molecule has 1 aliphatic carbocycles. The number of piperazine rings is 1. The summed E-state index contributed by atoms with van der Waals surface area (Å²) in [6.07, 6.45) is 3.96. The van der Waals surface area contributed by atoms with Gasteiger partial charge in [-0.25, -0.2) is 0 Å². The molecule has 0 aromatic rings. The molecule has 0 bridgehead atoms. The van der Waals surface area contributed by atoms with E-state index in [1.165, 1.54) is 0 Å². The molecule has 146 valence electrons. The Morgan fingerprint density at radius 3 is 2.20 bits per heavy atom. The second kappa shape index (κ2) is 10.5. The van der Waals surface area contributed by atoms with Crippen LogP contribution in [0.2, 0.25) is 0 Å². The lowest BCUT2D eigenvalue weighted by atomic mass is 9.91. The van der Waals surface area contributed by atoms with Crippen molar-refractivity contribution in [3.63, 3.8) is 0 Å². The maximum atomic E-state index is 12.5. The van der Waals surface area contributed by atoms with Gasteiger partial charge in [-0.2, -0.15) is 0 Å². The largest absolute Gasteiger partial charge is 0.381 e. The van der Waals surface area contributed by atoms with E-state index in [1.807, 2.05) is 4.90 Å². The van der Waals surface area contributed by atoms with E-state index in [2.05, 4.69) is 10.2 Å². The highest BCUT2D eigenvalue weighted by Crippen LogP contribution is 2.20. The molecule has 0 radical (unpaired) electrons. The smallest absolute Gasteiger partial charge is 0.239 e. The number of nitrogens with zero attached hydrogens (tertiary/aromatic N) is 2. The van der Waals surface area contributed by atoms with Crippen molar-refractivity contribution in [2.45, 2.75) is 37.8 Å². The highest BCUT2D eigenvalue weighted by atomic mass is 35.5. The number of rotatable bonds is 5. The molecule has 1 unspecified atom stereocenters. The van der Waals surface area contributed by atoms with Gasteiger partial charge in [-0.3, -0.25) is 14.5 Å². The average molecular weight is 397 g/mol. The number of amides is 2. The van der Waals surface area contributed by atoms with Crippen LogP contribution in [-0.4, -0.2) is 79.6 Å². The van der Waals surface area contributed by atoms with E-state index in [0.717, 1.165) is 38.8 Å². The highest BCUT2D eigenvalue weighted by molar-refractivity contribution is 5.85. The number of nitrogens with two attached hydrogens (primary N) is 1. The van der Waals surface area contributed by atoms with Crippen molar-refractivity contribution in [3.05, 3.63) is 0 Å². The summed E-state index contributed by atoms with van der Waals surface area (Å²) in [5.41, 5.74) is 6.18. The van der Waals surface area contributed by atoms with Crippen molar-refractivity contribution in [2.24, 2.45) is 11.7 Å². The van der Waals surface area contributed by atoms with Crippen molar-refractivity contribution >= 4 is 36.6 Å². The van der Waals surface area contributed by atoms with Gasteiger partial charge in [-0.05, 0) is 31.6 Å². The van der Waals surface area contributed by atoms with Gasteiger partial charge in [0.05, 0.1) is 12.6 Å². The number of hydrogen-bond donors (Lipinski definition) is 2. The molecule has 2 amide bonds. The summed E-state index contributed by atoms with van der Waals surface area (Å²) in [5, 5.41) is 3.00. The summed E-state index contributed by atoms with van der Waals surface area (Å²) in [4.78, 5) is 28.3. The topological polar surface area (TPSA) is 87.9 Å². The van der Waals surface area contributed by atoms with Gasteiger partial charge in [-0.15, -0.1) is 24.8 Å². The van der Waals surface area contributed by atoms with Gasteiger partial charge in [0.1, 0.15) is 0 Å². The van der Waals surface area contributed by atoms with Crippen LogP contribution in [0.4, 0.5) is 0 Å². The molecular weight excluding hydrogens is 367 g/mol. The SMILES string of the molecule is Cl.Cl.NC(C(=O)N1CCN(CC(=O)NC2CC2)CC1)C1CCOCC1. The van der Waals surface area contributed by atoms with Gasteiger partial charge in [0.25, 0.3) is 0 Å². The molecule has 7 nitrogen and oxygen atoms in total. The van der Waals surface area contributed by atoms with Gasteiger partial charge in [0.2, 0.25) is 11.8 Å². The van der Waals surface area contributed by atoms with Crippen molar-refractivity contribution in [1.82, 2.24) is 15.1 Å². The number of nitrogens with one attached hydrogen (secondary N) is 1. The zero-order valence-electron chi connectivity index (χ0n) is 14.5. The van der Waals surface area contributed by atoms with Gasteiger partial charge in [-0.1, -0.05) is 0 Å². The van der Waals surface area contributed by atoms with Crippen LogP contribution >= 0.6 is 24.8 Å². The third kappa shape index (κ3) is 6.57. The fourth-order valence-corrected chi connectivity index (χ4v) is 3.32. The minimum atomic E-state index is -0.413. The Labute approximate surface area is 161 Å². The third-order valence-electron chi connectivity index (χ3n) is 5.05. The zero-order valence-corrected chi connectivity index (χ0v) is 16.2. The van der Waals surface area contributed by atoms with E-state index in [1.54, 1.807) is 0 Å². The molecule has 0 aromatic heterocycles. The Morgan fingerprint density at radius 2 is 1.64 bits per heavy atom. The first-order valence-corrected chi connectivity index (χ1v) is 8.77. The molecule has 2 heterocycles. The molecule has 1 atom stereocenters. The van der Waals surface area contributed by atoms with Crippen LogP contribution in [0.15, 0.2) is 0 Å². The lowest BCUT2D eigenvalue weighted by Gasteiger charge is -2.37. The number of hydrogen-bond acceptors (Lipinski definition) is 5. The predicted octanol–water partition coefficient (Wildman–Crippen LogP) is 0.00670. The van der Waals surface area contributed by atoms with E-state index < -0.39 is 6.04 Å². The minimum Gasteiger partial charge on any atom is -0.381 e. The molecule has 3 rings (SSSR count). The predicted molar refractivity (Wildman–Crippen MR) is 100 cm³/mol. The molecule has 0 spiro atoms. The number of ether oxygens (including phenoxy) is 1. The molecule has 25 heavy (non-hydrogen) atoms. The highest BCUT2D eigenvalue weighted by Gasteiger charge is 2.32. The van der Waals surface area contributed by atoms with Crippen LogP contribution in [0.25, 0.3) is 0 Å². The summed E-state index contributed by atoms with van der Waals surface area (Å²) in [6.45, 7) is 4.64. The van der Waals surface area contributed by atoms with Crippen LogP contribution in [-0.2, 0) is 14.3 Å². The first-order chi connectivity index (χ1) is 11.1. The van der Waals surface area contributed by atoms with E-state index in [0.29, 0.717) is 38.9 Å². The molecule has 3 fully saturated rings. The maximum absolute atomic E-state index is 12.5. The van der Waals surface area contributed by atoms with Gasteiger partial charge >= 0.3 is 0 Å². The Balaban J connectivity index is 0.00000156. The Kier molecular flexibility index (Phi) is 9.45. The molecule has 3 aliphatic rings. The summed E-state index contributed by atoms with van der Waals surface area (Å²) < 4.78 is 5.33. The van der Waals surface area contributed by atoms with Crippen LogP contribution in [0.3, 0.4) is 0 Å². The van der Waals surface area contributed by atoms with Crippen molar-refractivity contribution in [3.8, 4) is 0 Å². The fourth-order valence-electron chi connectivity index (χ4n) is 3.32. The molecule has 1 saturated carbocycles. The zero-order chi connectivity index (χ0) is 16.2. The second-order valence-corrected chi connectivity index (χ2v) is 6.92. The summed E-state index contributed by atoms with van der Waals surface area (Å²) >= 11 is 0. The minimum absolute atomic E-state index is 0. The van der Waals surface area contributed by atoms with Crippen LogP contribution in [0.1, 0.15) is 25.7 Å². The summed E-state index contributed by atoms with van der Waals surface area (Å²) in [5.74, 6) is 0.392. The Hall–Kier alpha value is -0.600. The average Bonchev–Trinajstić information content (AvgIpc) is 3.39. The van der Waals surface area contributed by atoms with E-state index >= 15 is 0 Å². The van der Waals surface area contributed by atoms with Gasteiger partial charge in [0, 0.05) is 45.4 Å². The van der Waals surface area contributed by atoms with E-state index in [9.17, 15) is 9.59 Å². The Bertz CT molecular complexity index is 437. The fraction of sp³-hybridized carbons (Fsp3) is 0.875. The molecule has 2 saturated heterocycles. The number of carbonyl (C=O) groups excluding carboxylic acids is 2. The second-order valence-electron chi connectivity index (χ2n) is 6.92. The van der Waals surface area contributed by atoms with E-state index in [4.69, 9.17) is 10.5 Å². The quantitative estimate of drug-likeness (QED) is 0.682. The van der Waals surface area contributed by atoms with Crippen LogP contribution in [0.5, 0.6) is 0 Å². The van der Waals surface area contributed by atoms with Crippen LogP contribution in [0, 0.1) is 5.92 Å². The van der Waals surface area contributed by atoms with Gasteiger partial charge in [0.15, 0.2) is 0 Å². The lowest BCUT2D eigenvalue weighted by Crippen LogP contribution is -2.56. The lowest BCUT2D eigenvalue weighted by molar-refractivity contribution is -0.136. The standard InChI is InChI=1S/C16H28N4O3.2ClH/c17-15(12-3-9-23-10-4-12)16(22)20-7-5-19(6-8-20)11-14(21)18-13-1-2-13;;/h12-13,15H,1-11,17H2,(H,18,21);2*1H. The normalized spacial score (nSPS) is 23.2. The Morgan fingerprint density at radius 1 is 1.04 bits per heavy atom.